The van der Waals surface area contributed by atoms with Crippen LogP contribution in [0, 0.1) is 0 Å². The van der Waals surface area contributed by atoms with Crippen LogP contribution in [0.25, 0.3) is 0 Å². The lowest BCUT2D eigenvalue weighted by atomic mass is 9.86. The Morgan fingerprint density at radius 3 is 2.73 bits per heavy atom. The molecule has 1 fully saturated rings. The molecule has 1 aromatic heterocycles. The van der Waals surface area contributed by atoms with E-state index < -0.39 is 0 Å². The van der Waals surface area contributed by atoms with E-state index in [0.717, 1.165) is 5.69 Å². The maximum atomic E-state index is 4.06. The average Bonchev–Trinajstić information content (AvgIpc) is 2.55. The molecule has 0 bridgehead atoms. The van der Waals surface area contributed by atoms with E-state index in [-0.39, 0.29) is 0 Å². The Morgan fingerprint density at radius 2 is 2.18 bits per heavy atom. The molecule has 11 heavy (non-hydrogen) atoms. The molecular formula is C8H13N3. The molecule has 3 heteroatoms. The van der Waals surface area contributed by atoms with Gasteiger partial charge in [-0.3, -0.25) is 5.10 Å². The fourth-order valence-electron chi connectivity index (χ4n) is 1.91. The lowest BCUT2D eigenvalue weighted by molar-refractivity contribution is 0.475. The SMILES string of the molecule is CC1(c2c[nH]nn2)CCCC1. The van der Waals surface area contributed by atoms with Gasteiger partial charge in [0.25, 0.3) is 0 Å². The van der Waals surface area contributed by atoms with Crippen LogP contribution in [0.15, 0.2) is 6.20 Å². The first-order chi connectivity index (χ1) is 5.31. The highest BCUT2D eigenvalue weighted by Gasteiger charge is 2.32. The van der Waals surface area contributed by atoms with E-state index in [0.29, 0.717) is 5.41 Å². The van der Waals surface area contributed by atoms with Gasteiger partial charge in [0.1, 0.15) is 0 Å². The minimum absolute atomic E-state index is 0.312. The summed E-state index contributed by atoms with van der Waals surface area (Å²) < 4.78 is 0. The second-order valence-corrected chi connectivity index (χ2v) is 3.63. The Balaban J connectivity index is 2.27. The molecule has 1 aromatic rings. The fourth-order valence-corrected chi connectivity index (χ4v) is 1.91. The van der Waals surface area contributed by atoms with Gasteiger partial charge in [0.05, 0.1) is 5.69 Å². The number of hydrogen-bond donors (Lipinski definition) is 1. The van der Waals surface area contributed by atoms with Crippen molar-refractivity contribution in [3.05, 3.63) is 11.9 Å². The fraction of sp³-hybridized carbons (Fsp3) is 0.750. The zero-order valence-electron chi connectivity index (χ0n) is 6.80. The molecule has 60 valence electrons. The number of rotatable bonds is 1. The first-order valence-electron chi connectivity index (χ1n) is 4.18. The van der Waals surface area contributed by atoms with Gasteiger partial charge in [-0.15, -0.1) is 5.10 Å². The third-order valence-corrected chi connectivity index (χ3v) is 2.74. The molecule has 0 unspecified atom stereocenters. The molecule has 3 nitrogen and oxygen atoms in total. The van der Waals surface area contributed by atoms with Gasteiger partial charge in [0.15, 0.2) is 0 Å². The molecule has 0 aliphatic heterocycles. The van der Waals surface area contributed by atoms with Gasteiger partial charge in [0, 0.05) is 11.6 Å². The molecule has 1 saturated carbocycles. The average molecular weight is 151 g/mol. The van der Waals surface area contributed by atoms with Gasteiger partial charge < -0.3 is 0 Å². The van der Waals surface area contributed by atoms with Gasteiger partial charge in [-0.2, -0.15) is 0 Å². The van der Waals surface area contributed by atoms with E-state index in [9.17, 15) is 0 Å². The van der Waals surface area contributed by atoms with Crippen LogP contribution in [0.3, 0.4) is 0 Å². The number of aromatic nitrogens is 3. The summed E-state index contributed by atoms with van der Waals surface area (Å²) in [7, 11) is 0. The Kier molecular flexibility index (Phi) is 1.44. The predicted molar refractivity (Wildman–Crippen MR) is 42.2 cm³/mol. The third-order valence-electron chi connectivity index (χ3n) is 2.74. The molecule has 0 amide bonds. The summed E-state index contributed by atoms with van der Waals surface area (Å²) >= 11 is 0. The van der Waals surface area contributed by atoms with Crippen LogP contribution in [0.2, 0.25) is 0 Å². The summed E-state index contributed by atoms with van der Waals surface area (Å²) in [6.07, 6.45) is 7.12. The van der Waals surface area contributed by atoms with E-state index in [1.807, 2.05) is 6.20 Å². The number of nitrogens with one attached hydrogen (secondary N) is 1. The molecule has 0 atom stereocenters. The van der Waals surface area contributed by atoms with Crippen molar-refractivity contribution in [3.63, 3.8) is 0 Å². The summed E-state index contributed by atoms with van der Waals surface area (Å²) in [6.45, 7) is 2.28. The highest BCUT2D eigenvalue weighted by molar-refractivity contribution is 5.11. The Morgan fingerprint density at radius 1 is 1.45 bits per heavy atom. The highest BCUT2D eigenvalue weighted by atomic mass is 15.3. The van der Waals surface area contributed by atoms with Crippen molar-refractivity contribution >= 4 is 0 Å². The van der Waals surface area contributed by atoms with E-state index in [1.165, 1.54) is 25.7 Å². The van der Waals surface area contributed by atoms with E-state index >= 15 is 0 Å². The third kappa shape index (κ3) is 1.04. The molecule has 0 radical (unpaired) electrons. The summed E-state index contributed by atoms with van der Waals surface area (Å²) in [5, 5.41) is 10.6. The molecule has 0 aromatic carbocycles. The minimum atomic E-state index is 0.312. The van der Waals surface area contributed by atoms with Crippen LogP contribution in [-0.4, -0.2) is 15.4 Å². The van der Waals surface area contributed by atoms with Gasteiger partial charge in [-0.25, -0.2) is 0 Å². The number of hydrogen-bond acceptors (Lipinski definition) is 2. The first kappa shape index (κ1) is 6.83. The van der Waals surface area contributed by atoms with Gasteiger partial charge in [-0.1, -0.05) is 25.0 Å². The lowest BCUT2D eigenvalue weighted by Crippen LogP contribution is -2.17. The standard InChI is InChI=1S/C8H13N3/c1-8(4-2-3-5-8)7-6-9-11-10-7/h6H,2-5H2,1H3,(H,9,10,11). The summed E-state index contributed by atoms with van der Waals surface area (Å²) in [5.74, 6) is 0. The van der Waals surface area contributed by atoms with Crippen LogP contribution < -0.4 is 0 Å². The Hall–Kier alpha value is -0.860. The first-order valence-corrected chi connectivity index (χ1v) is 4.18. The molecule has 1 N–H and O–H groups in total. The van der Waals surface area contributed by atoms with Crippen LogP contribution >= 0.6 is 0 Å². The second kappa shape index (κ2) is 2.32. The topological polar surface area (TPSA) is 41.6 Å². The quantitative estimate of drug-likeness (QED) is 0.662. The maximum Gasteiger partial charge on any atom is 0.0883 e. The summed E-state index contributed by atoms with van der Waals surface area (Å²) in [5.41, 5.74) is 1.45. The van der Waals surface area contributed by atoms with Crippen molar-refractivity contribution in [2.75, 3.05) is 0 Å². The molecule has 1 heterocycles. The van der Waals surface area contributed by atoms with Crippen molar-refractivity contribution < 1.29 is 0 Å². The van der Waals surface area contributed by atoms with Crippen molar-refractivity contribution in [2.45, 2.75) is 38.0 Å². The van der Waals surface area contributed by atoms with E-state index in [1.54, 1.807) is 0 Å². The van der Waals surface area contributed by atoms with Crippen LogP contribution in [0.4, 0.5) is 0 Å². The van der Waals surface area contributed by atoms with Crippen LogP contribution in [0.5, 0.6) is 0 Å². The maximum absolute atomic E-state index is 4.06. The van der Waals surface area contributed by atoms with Gasteiger partial charge >= 0.3 is 0 Å². The normalized spacial score (nSPS) is 22.3. The molecular weight excluding hydrogens is 138 g/mol. The zero-order valence-corrected chi connectivity index (χ0v) is 6.80. The minimum Gasteiger partial charge on any atom is -0.265 e. The van der Waals surface area contributed by atoms with E-state index in [4.69, 9.17) is 0 Å². The van der Waals surface area contributed by atoms with Crippen molar-refractivity contribution in [3.8, 4) is 0 Å². The van der Waals surface area contributed by atoms with Gasteiger partial charge in [-0.05, 0) is 12.8 Å². The molecule has 1 aliphatic rings. The van der Waals surface area contributed by atoms with Crippen molar-refractivity contribution in [1.29, 1.82) is 0 Å². The number of aromatic amines is 1. The molecule has 1 aliphatic carbocycles. The highest BCUT2D eigenvalue weighted by Crippen LogP contribution is 2.38. The van der Waals surface area contributed by atoms with Crippen molar-refractivity contribution in [1.82, 2.24) is 15.4 Å². The zero-order chi connectivity index (χ0) is 7.73. The number of H-pyrrole nitrogens is 1. The summed E-state index contributed by atoms with van der Waals surface area (Å²) in [6, 6.07) is 0. The molecule has 0 spiro atoms. The smallest absolute Gasteiger partial charge is 0.0883 e. The Labute approximate surface area is 66.2 Å². The largest absolute Gasteiger partial charge is 0.265 e. The second-order valence-electron chi connectivity index (χ2n) is 3.63. The Bertz CT molecular complexity index is 221. The molecule has 0 saturated heterocycles. The predicted octanol–water partition coefficient (Wildman–Crippen LogP) is 1.64. The van der Waals surface area contributed by atoms with Crippen LogP contribution in [-0.2, 0) is 5.41 Å². The van der Waals surface area contributed by atoms with E-state index in [2.05, 4.69) is 22.3 Å². The number of nitrogens with zero attached hydrogens (tertiary/aromatic N) is 2. The van der Waals surface area contributed by atoms with Crippen molar-refractivity contribution in [2.24, 2.45) is 0 Å². The van der Waals surface area contributed by atoms with Gasteiger partial charge in [0.2, 0.25) is 0 Å². The summed E-state index contributed by atoms with van der Waals surface area (Å²) in [4.78, 5) is 0. The monoisotopic (exact) mass is 151 g/mol. The van der Waals surface area contributed by atoms with Crippen LogP contribution in [0.1, 0.15) is 38.3 Å². The molecule has 2 rings (SSSR count). The lowest BCUT2D eigenvalue weighted by Gasteiger charge is -2.19.